The fourth-order valence-electron chi connectivity index (χ4n) is 0.922. The molecule has 0 unspecified atom stereocenters. The van der Waals surface area contributed by atoms with E-state index in [4.69, 9.17) is 0 Å². The summed E-state index contributed by atoms with van der Waals surface area (Å²) in [6.45, 7) is 0.281. The van der Waals surface area contributed by atoms with Crippen molar-refractivity contribution in [1.82, 2.24) is 19.7 Å². The maximum Gasteiger partial charge on any atom is 0.347 e. The maximum absolute atomic E-state index is 11.1. The second kappa shape index (κ2) is 3.18. The predicted octanol–water partition coefficient (Wildman–Crippen LogP) is -0.325. The zero-order valence-electron chi connectivity index (χ0n) is 6.62. The quantitative estimate of drug-likeness (QED) is 0.629. The number of nitrogens with zero attached hydrogens (tertiary/aromatic N) is 4. The molecule has 0 aromatic carbocycles. The summed E-state index contributed by atoms with van der Waals surface area (Å²) in [6, 6.07) is 1.67. The molecule has 2 aromatic rings. The summed E-state index contributed by atoms with van der Waals surface area (Å²) in [5.41, 5.74) is -0.327. The Hall–Kier alpha value is -1.98. The zero-order chi connectivity index (χ0) is 9.10. The minimum Gasteiger partial charge on any atom is -0.343 e. The Bertz CT molecular complexity index is 434. The molecular weight excluding hydrogens is 172 g/mol. The second-order valence-electron chi connectivity index (χ2n) is 2.38. The Kier molecular flexibility index (Phi) is 1.87. The maximum atomic E-state index is 11.1. The third-order valence-electron chi connectivity index (χ3n) is 1.50. The van der Waals surface area contributed by atoms with E-state index in [0.717, 1.165) is 0 Å². The fourth-order valence-corrected chi connectivity index (χ4v) is 0.922. The lowest BCUT2D eigenvalue weighted by atomic mass is 10.5. The molecule has 0 aliphatic heterocycles. The van der Waals surface area contributed by atoms with Gasteiger partial charge >= 0.3 is 5.69 Å². The highest BCUT2D eigenvalue weighted by molar-refractivity contribution is 4.86. The van der Waals surface area contributed by atoms with Gasteiger partial charge in [0.2, 0.25) is 6.39 Å². The van der Waals surface area contributed by atoms with Crippen LogP contribution in [0, 0.1) is 0 Å². The lowest BCUT2D eigenvalue weighted by Crippen LogP contribution is -2.22. The van der Waals surface area contributed by atoms with Crippen molar-refractivity contribution >= 4 is 0 Å². The summed E-state index contributed by atoms with van der Waals surface area (Å²) >= 11 is 0. The van der Waals surface area contributed by atoms with Crippen LogP contribution in [0.25, 0.3) is 0 Å². The van der Waals surface area contributed by atoms with Crippen LogP contribution in [0.1, 0.15) is 5.82 Å². The second-order valence-corrected chi connectivity index (χ2v) is 2.38. The van der Waals surface area contributed by atoms with Gasteiger partial charge in [0, 0.05) is 12.4 Å². The van der Waals surface area contributed by atoms with E-state index in [-0.39, 0.29) is 12.2 Å². The number of hydrogen-bond acceptors (Lipinski definition) is 5. The van der Waals surface area contributed by atoms with Crippen molar-refractivity contribution in [2.45, 2.75) is 6.54 Å². The van der Waals surface area contributed by atoms with Crippen molar-refractivity contribution in [3.8, 4) is 0 Å². The Morgan fingerprint density at radius 3 is 3.08 bits per heavy atom. The van der Waals surface area contributed by atoms with Gasteiger partial charge in [-0.1, -0.05) is 5.16 Å². The highest BCUT2D eigenvalue weighted by Crippen LogP contribution is 1.90. The molecule has 0 saturated heterocycles. The minimum atomic E-state index is -0.327. The SMILES string of the molecule is O=c1ncccn1Cc1ncon1. The molecule has 66 valence electrons. The van der Waals surface area contributed by atoms with Gasteiger partial charge < -0.3 is 4.52 Å². The van der Waals surface area contributed by atoms with Gasteiger partial charge in [0.05, 0.1) is 6.54 Å². The smallest absolute Gasteiger partial charge is 0.343 e. The number of hydrogen-bond donors (Lipinski definition) is 0. The lowest BCUT2D eigenvalue weighted by Gasteiger charge is -1.97. The zero-order valence-corrected chi connectivity index (χ0v) is 6.62. The molecular formula is C7H6N4O2. The first-order chi connectivity index (χ1) is 6.36. The van der Waals surface area contributed by atoms with Crippen LogP contribution in [0.2, 0.25) is 0 Å². The van der Waals surface area contributed by atoms with E-state index in [9.17, 15) is 4.79 Å². The van der Waals surface area contributed by atoms with Crippen molar-refractivity contribution in [3.63, 3.8) is 0 Å². The third kappa shape index (κ3) is 1.61. The van der Waals surface area contributed by atoms with Crippen LogP contribution < -0.4 is 5.69 Å². The summed E-state index contributed by atoms with van der Waals surface area (Å²) in [4.78, 5) is 18.5. The van der Waals surface area contributed by atoms with Gasteiger partial charge in [-0.05, 0) is 6.07 Å². The Morgan fingerprint density at radius 1 is 1.46 bits per heavy atom. The van der Waals surface area contributed by atoms with Gasteiger partial charge in [-0.25, -0.2) is 9.78 Å². The molecule has 0 aliphatic rings. The Morgan fingerprint density at radius 2 is 2.38 bits per heavy atom. The van der Waals surface area contributed by atoms with Crippen LogP contribution in [0.3, 0.4) is 0 Å². The van der Waals surface area contributed by atoms with Gasteiger partial charge in [0.15, 0.2) is 5.82 Å². The summed E-state index contributed by atoms with van der Waals surface area (Å²) in [5.74, 6) is 0.454. The van der Waals surface area contributed by atoms with E-state index < -0.39 is 0 Å². The Balaban J connectivity index is 2.29. The van der Waals surface area contributed by atoms with Gasteiger partial charge in [0.1, 0.15) is 0 Å². The average molecular weight is 178 g/mol. The molecule has 0 amide bonds. The van der Waals surface area contributed by atoms with Crippen molar-refractivity contribution in [2.75, 3.05) is 0 Å². The molecule has 0 N–H and O–H groups in total. The summed E-state index contributed by atoms with van der Waals surface area (Å²) in [5, 5.41) is 3.58. The third-order valence-corrected chi connectivity index (χ3v) is 1.50. The number of aromatic nitrogens is 4. The van der Waals surface area contributed by atoms with Crippen molar-refractivity contribution in [2.24, 2.45) is 0 Å². The molecule has 2 rings (SSSR count). The first kappa shape index (κ1) is 7.66. The van der Waals surface area contributed by atoms with Crippen LogP contribution in [0.5, 0.6) is 0 Å². The van der Waals surface area contributed by atoms with Crippen LogP contribution in [-0.2, 0) is 6.54 Å². The van der Waals surface area contributed by atoms with E-state index >= 15 is 0 Å². The van der Waals surface area contributed by atoms with Crippen LogP contribution >= 0.6 is 0 Å². The van der Waals surface area contributed by atoms with E-state index in [2.05, 4.69) is 19.6 Å². The van der Waals surface area contributed by atoms with Gasteiger partial charge in [-0.3, -0.25) is 4.57 Å². The Labute approximate surface area is 72.8 Å². The van der Waals surface area contributed by atoms with Crippen LogP contribution in [0.4, 0.5) is 0 Å². The molecule has 2 aromatic heterocycles. The van der Waals surface area contributed by atoms with Crippen molar-refractivity contribution in [3.05, 3.63) is 41.2 Å². The average Bonchev–Trinajstić information content (AvgIpc) is 2.61. The number of rotatable bonds is 2. The molecule has 0 aliphatic carbocycles. The lowest BCUT2D eigenvalue weighted by molar-refractivity contribution is 0.407. The predicted molar refractivity (Wildman–Crippen MR) is 41.9 cm³/mol. The molecule has 0 radical (unpaired) electrons. The summed E-state index contributed by atoms with van der Waals surface area (Å²) in [7, 11) is 0. The highest BCUT2D eigenvalue weighted by Gasteiger charge is 2.00. The molecule has 0 saturated carbocycles. The van der Waals surface area contributed by atoms with Crippen LogP contribution in [-0.4, -0.2) is 19.7 Å². The molecule has 0 fully saturated rings. The fraction of sp³-hybridized carbons (Fsp3) is 0.143. The molecule has 6 nitrogen and oxygen atoms in total. The molecule has 13 heavy (non-hydrogen) atoms. The van der Waals surface area contributed by atoms with Crippen molar-refractivity contribution in [1.29, 1.82) is 0 Å². The largest absolute Gasteiger partial charge is 0.347 e. The van der Waals surface area contributed by atoms with Gasteiger partial charge in [-0.15, -0.1) is 0 Å². The first-order valence-electron chi connectivity index (χ1n) is 3.63. The molecule has 0 atom stereocenters. The van der Waals surface area contributed by atoms with E-state index in [1.165, 1.54) is 17.2 Å². The highest BCUT2D eigenvalue weighted by atomic mass is 16.5. The van der Waals surface area contributed by atoms with Gasteiger partial charge in [-0.2, -0.15) is 4.98 Å². The molecule has 6 heteroatoms. The molecule has 0 bridgehead atoms. The van der Waals surface area contributed by atoms with E-state index in [1.54, 1.807) is 12.3 Å². The monoisotopic (exact) mass is 178 g/mol. The van der Waals surface area contributed by atoms with E-state index in [1.807, 2.05) is 0 Å². The van der Waals surface area contributed by atoms with Crippen molar-refractivity contribution < 1.29 is 4.52 Å². The minimum absolute atomic E-state index is 0.281. The molecule has 2 heterocycles. The molecule has 0 spiro atoms. The summed E-state index contributed by atoms with van der Waals surface area (Å²) in [6.07, 6.45) is 4.28. The van der Waals surface area contributed by atoms with Crippen LogP contribution in [0.15, 0.2) is 34.2 Å². The summed E-state index contributed by atoms with van der Waals surface area (Å²) < 4.78 is 5.92. The first-order valence-corrected chi connectivity index (χ1v) is 3.63. The standard InChI is InChI=1S/C7H6N4O2/c12-7-8-2-1-3-11(7)4-6-9-5-13-10-6/h1-3,5H,4H2. The van der Waals surface area contributed by atoms with Gasteiger partial charge in [0.25, 0.3) is 0 Å². The van der Waals surface area contributed by atoms with E-state index in [0.29, 0.717) is 5.82 Å². The topological polar surface area (TPSA) is 73.8 Å². The normalized spacial score (nSPS) is 10.2.